The summed E-state index contributed by atoms with van der Waals surface area (Å²) >= 11 is 5.18. The number of benzene rings is 2. The zero-order valence-electron chi connectivity index (χ0n) is 10.6. The Hall–Kier alpha value is -0.840. The van der Waals surface area contributed by atoms with Crippen LogP contribution in [0.3, 0.4) is 0 Å². The molecule has 4 heteroatoms. The third-order valence-corrected chi connectivity index (χ3v) is 4.79. The number of halogens is 2. The first kappa shape index (κ1) is 14.6. The molecule has 2 rings (SSSR count). The molecule has 0 aliphatic rings. The largest absolute Gasteiger partial charge is 0.313 e. The van der Waals surface area contributed by atoms with Gasteiger partial charge in [0.1, 0.15) is 5.82 Å². The Morgan fingerprint density at radius 1 is 1.16 bits per heavy atom. The van der Waals surface area contributed by atoms with Gasteiger partial charge in [-0.05, 0) is 58.4 Å². The molecule has 2 aromatic rings. The average molecular weight is 340 g/mol. The fourth-order valence-corrected chi connectivity index (χ4v) is 3.17. The molecule has 0 aromatic heterocycles. The second-order valence-electron chi connectivity index (χ2n) is 4.06. The number of hydrogen-bond donors (Lipinski definition) is 1. The summed E-state index contributed by atoms with van der Waals surface area (Å²) in [4.78, 5) is 2.21. The van der Waals surface area contributed by atoms with Gasteiger partial charge in [0.2, 0.25) is 0 Å². The Morgan fingerprint density at radius 2 is 1.95 bits per heavy atom. The number of nitrogens with one attached hydrogen (secondary N) is 1. The minimum atomic E-state index is -0.190. The number of hydrogen-bond acceptors (Lipinski definition) is 2. The van der Waals surface area contributed by atoms with Gasteiger partial charge in [-0.1, -0.05) is 30.8 Å². The van der Waals surface area contributed by atoms with E-state index in [1.54, 1.807) is 17.8 Å². The van der Waals surface area contributed by atoms with Gasteiger partial charge in [0.05, 0.1) is 0 Å². The highest BCUT2D eigenvalue weighted by Crippen LogP contribution is 2.35. The second kappa shape index (κ2) is 7.08. The van der Waals surface area contributed by atoms with E-state index in [4.69, 9.17) is 0 Å². The van der Waals surface area contributed by atoms with Crippen molar-refractivity contribution >= 4 is 27.7 Å². The van der Waals surface area contributed by atoms with Crippen LogP contribution in [0.5, 0.6) is 0 Å². The lowest BCUT2D eigenvalue weighted by atomic mass is 10.2. The van der Waals surface area contributed by atoms with Crippen LogP contribution in [0.1, 0.15) is 12.5 Å². The molecule has 0 amide bonds. The lowest BCUT2D eigenvalue weighted by Crippen LogP contribution is -2.12. The SMILES string of the molecule is CCNCc1cc(F)ccc1Sc1ccccc1Br. The summed E-state index contributed by atoms with van der Waals surface area (Å²) in [5, 5.41) is 3.24. The number of rotatable bonds is 5. The third kappa shape index (κ3) is 4.06. The van der Waals surface area contributed by atoms with Gasteiger partial charge in [0, 0.05) is 20.8 Å². The maximum atomic E-state index is 13.3. The molecule has 0 heterocycles. The van der Waals surface area contributed by atoms with Crippen molar-refractivity contribution in [1.29, 1.82) is 0 Å². The summed E-state index contributed by atoms with van der Waals surface area (Å²) in [5.74, 6) is -0.190. The van der Waals surface area contributed by atoms with Gasteiger partial charge in [0.25, 0.3) is 0 Å². The quantitative estimate of drug-likeness (QED) is 0.835. The fraction of sp³-hybridized carbons (Fsp3) is 0.200. The van der Waals surface area contributed by atoms with Gasteiger partial charge in [-0.3, -0.25) is 0 Å². The maximum Gasteiger partial charge on any atom is 0.123 e. The predicted molar refractivity (Wildman–Crippen MR) is 82.0 cm³/mol. The average Bonchev–Trinajstić information content (AvgIpc) is 2.41. The Bertz CT molecular complexity index is 560. The molecule has 0 fully saturated rings. The second-order valence-corrected chi connectivity index (χ2v) is 6.00. The highest BCUT2D eigenvalue weighted by atomic mass is 79.9. The zero-order chi connectivity index (χ0) is 13.7. The van der Waals surface area contributed by atoms with E-state index in [-0.39, 0.29) is 5.82 Å². The molecule has 19 heavy (non-hydrogen) atoms. The van der Waals surface area contributed by atoms with E-state index in [9.17, 15) is 4.39 Å². The van der Waals surface area contributed by atoms with E-state index >= 15 is 0 Å². The van der Waals surface area contributed by atoms with Gasteiger partial charge in [0.15, 0.2) is 0 Å². The van der Waals surface area contributed by atoms with E-state index in [2.05, 4.69) is 27.3 Å². The van der Waals surface area contributed by atoms with Crippen LogP contribution < -0.4 is 5.32 Å². The van der Waals surface area contributed by atoms with E-state index < -0.39 is 0 Å². The Labute approximate surface area is 125 Å². The Kier molecular flexibility index (Phi) is 5.43. The monoisotopic (exact) mass is 339 g/mol. The lowest BCUT2D eigenvalue weighted by Gasteiger charge is -2.11. The van der Waals surface area contributed by atoms with Crippen molar-refractivity contribution in [3.8, 4) is 0 Å². The molecule has 2 aromatic carbocycles. The predicted octanol–water partition coefficient (Wildman–Crippen LogP) is 4.85. The van der Waals surface area contributed by atoms with E-state index in [0.717, 1.165) is 26.4 Å². The van der Waals surface area contributed by atoms with E-state index in [1.807, 2.05) is 31.2 Å². The van der Waals surface area contributed by atoms with Crippen LogP contribution in [0.25, 0.3) is 0 Å². The molecule has 0 unspecified atom stereocenters. The van der Waals surface area contributed by atoms with E-state index in [1.165, 1.54) is 6.07 Å². The fourth-order valence-electron chi connectivity index (χ4n) is 1.69. The maximum absolute atomic E-state index is 13.3. The van der Waals surface area contributed by atoms with Crippen molar-refractivity contribution < 1.29 is 4.39 Å². The summed E-state index contributed by atoms with van der Waals surface area (Å²) < 4.78 is 14.4. The van der Waals surface area contributed by atoms with Crippen LogP contribution in [-0.4, -0.2) is 6.54 Å². The van der Waals surface area contributed by atoms with Crippen LogP contribution in [0.15, 0.2) is 56.7 Å². The molecule has 0 atom stereocenters. The third-order valence-electron chi connectivity index (χ3n) is 2.64. The summed E-state index contributed by atoms with van der Waals surface area (Å²) in [6.07, 6.45) is 0. The molecule has 0 aliphatic heterocycles. The summed E-state index contributed by atoms with van der Waals surface area (Å²) in [5.41, 5.74) is 0.989. The molecular formula is C15H15BrFNS. The van der Waals surface area contributed by atoms with Crippen LogP contribution in [0.2, 0.25) is 0 Å². The van der Waals surface area contributed by atoms with Crippen LogP contribution in [-0.2, 0) is 6.54 Å². The van der Waals surface area contributed by atoms with Gasteiger partial charge in [-0.15, -0.1) is 0 Å². The molecule has 0 saturated carbocycles. The van der Waals surface area contributed by atoms with Gasteiger partial charge < -0.3 is 5.32 Å². The molecule has 0 bridgehead atoms. The summed E-state index contributed by atoms with van der Waals surface area (Å²) in [6, 6.07) is 13.0. The normalized spacial score (nSPS) is 10.7. The first-order valence-electron chi connectivity index (χ1n) is 6.12. The highest BCUT2D eigenvalue weighted by molar-refractivity contribution is 9.10. The van der Waals surface area contributed by atoms with Crippen LogP contribution in [0, 0.1) is 5.82 Å². The van der Waals surface area contributed by atoms with Crippen molar-refractivity contribution in [2.24, 2.45) is 0 Å². The molecule has 0 radical (unpaired) electrons. The van der Waals surface area contributed by atoms with Crippen LogP contribution in [0.4, 0.5) is 4.39 Å². The van der Waals surface area contributed by atoms with E-state index in [0.29, 0.717) is 6.54 Å². The smallest absolute Gasteiger partial charge is 0.123 e. The van der Waals surface area contributed by atoms with Crippen molar-refractivity contribution in [3.05, 3.63) is 58.3 Å². The lowest BCUT2D eigenvalue weighted by molar-refractivity contribution is 0.619. The zero-order valence-corrected chi connectivity index (χ0v) is 13.0. The van der Waals surface area contributed by atoms with Gasteiger partial charge in [-0.2, -0.15) is 0 Å². The Morgan fingerprint density at radius 3 is 2.68 bits per heavy atom. The molecule has 1 N–H and O–H groups in total. The molecular weight excluding hydrogens is 325 g/mol. The first-order valence-corrected chi connectivity index (χ1v) is 7.73. The van der Waals surface area contributed by atoms with Gasteiger partial charge in [-0.25, -0.2) is 4.39 Å². The highest BCUT2D eigenvalue weighted by Gasteiger charge is 2.07. The minimum Gasteiger partial charge on any atom is -0.313 e. The molecule has 0 aliphatic carbocycles. The summed E-state index contributed by atoms with van der Waals surface area (Å²) in [7, 11) is 0. The van der Waals surface area contributed by atoms with Crippen molar-refractivity contribution in [2.45, 2.75) is 23.3 Å². The molecule has 0 saturated heterocycles. The van der Waals surface area contributed by atoms with Crippen molar-refractivity contribution in [1.82, 2.24) is 5.32 Å². The molecule has 0 spiro atoms. The van der Waals surface area contributed by atoms with Gasteiger partial charge >= 0.3 is 0 Å². The first-order chi connectivity index (χ1) is 9.20. The summed E-state index contributed by atoms with van der Waals surface area (Å²) in [6.45, 7) is 3.59. The van der Waals surface area contributed by atoms with Crippen LogP contribution >= 0.6 is 27.7 Å². The molecule has 100 valence electrons. The minimum absolute atomic E-state index is 0.190. The molecule has 1 nitrogen and oxygen atoms in total. The Balaban J connectivity index is 2.26. The van der Waals surface area contributed by atoms with Crippen molar-refractivity contribution in [3.63, 3.8) is 0 Å². The van der Waals surface area contributed by atoms with Crippen molar-refractivity contribution in [2.75, 3.05) is 6.54 Å². The topological polar surface area (TPSA) is 12.0 Å². The standard InChI is InChI=1S/C15H15BrFNS/c1-2-18-10-11-9-12(17)7-8-14(11)19-15-6-4-3-5-13(15)16/h3-9,18H,2,10H2,1H3.